The second-order valence-corrected chi connectivity index (χ2v) is 16.7. The van der Waals surface area contributed by atoms with Gasteiger partial charge < -0.3 is 32.7 Å². The lowest BCUT2D eigenvalue weighted by atomic mass is 9.79. The first kappa shape index (κ1) is 46.6. The van der Waals surface area contributed by atoms with Gasteiger partial charge in [0.1, 0.15) is 17.1 Å². The number of methoxy groups -OCH3 is 2. The lowest BCUT2D eigenvalue weighted by Crippen LogP contribution is -2.37. The highest BCUT2D eigenvalue weighted by molar-refractivity contribution is 7.44. The molecule has 0 saturated carbocycles. The van der Waals surface area contributed by atoms with E-state index in [4.69, 9.17) is 23.3 Å². The molecule has 0 aliphatic rings. The van der Waals surface area contributed by atoms with Crippen LogP contribution < -0.4 is 15.0 Å². The average Bonchev–Trinajstić information content (AvgIpc) is 3.65. The molecule has 2 atom stereocenters. The molecule has 5 aromatic rings. The van der Waals surface area contributed by atoms with Crippen molar-refractivity contribution in [3.8, 4) is 17.6 Å². The first-order valence-corrected chi connectivity index (χ1v) is 21.3. The molecule has 0 amide bonds. The number of aliphatic imine (C=N–C) groups is 1. The minimum atomic E-state index is -1.63. The molecule has 0 aliphatic carbocycles. The molecule has 2 aromatic heterocycles. The third-order valence-corrected chi connectivity index (χ3v) is 12.0. The number of rotatable bonds is 23. The highest BCUT2D eigenvalue weighted by Gasteiger charge is 2.39. The third-order valence-electron chi connectivity index (χ3n) is 9.88. The van der Waals surface area contributed by atoms with E-state index in [0.717, 1.165) is 16.7 Å². The first-order chi connectivity index (χ1) is 29.3. The van der Waals surface area contributed by atoms with E-state index in [1.807, 2.05) is 93.0 Å². The van der Waals surface area contributed by atoms with Crippen molar-refractivity contribution in [1.29, 1.82) is 5.26 Å². The fraction of sp³-hybridized carbons (Fsp3) is 0.422. The number of hydrogen-bond acceptors (Lipinski definition) is 12. The Balaban J connectivity index is 1.56. The number of imidazole rings is 1. The van der Waals surface area contributed by atoms with E-state index >= 15 is 0 Å². The van der Waals surface area contributed by atoms with Crippen LogP contribution in [0, 0.1) is 17.2 Å². The second-order valence-electron chi connectivity index (χ2n) is 15.3. The zero-order chi connectivity index (χ0) is 44.1. The van der Waals surface area contributed by atoms with Gasteiger partial charge in [0, 0.05) is 45.6 Å². The van der Waals surface area contributed by atoms with Crippen molar-refractivity contribution in [1.82, 2.24) is 28.7 Å². The van der Waals surface area contributed by atoms with Crippen molar-refractivity contribution in [2.75, 3.05) is 48.1 Å². The molecule has 15 nitrogen and oxygen atoms in total. The summed E-state index contributed by atoms with van der Waals surface area (Å²) in [5.74, 6) is 0.916. The monoisotopic (exact) mass is 852 g/mol. The Hall–Kier alpha value is -5.49. The smallest absolute Gasteiger partial charge is 0.282 e. The third kappa shape index (κ3) is 11.5. The number of Topliss-reactive ketones (excluding diaryl/α,β-unsaturated/α-hetero) is 1. The fourth-order valence-electron chi connectivity index (χ4n) is 7.00. The Morgan fingerprint density at radius 1 is 0.902 bits per heavy atom. The van der Waals surface area contributed by atoms with Crippen LogP contribution in [0.5, 0.6) is 11.5 Å². The largest absolute Gasteiger partial charge is 0.497 e. The summed E-state index contributed by atoms with van der Waals surface area (Å²) in [5.41, 5.74) is 1.42. The molecule has 3 aromatic carbocycles. The highest BCUT2D eigenvalue weighted by atomic mass is 31.2. The number of carbonyl (C=O) groups excluding carboxylic acids is 1. The molecule has 324 valence electrons. The van der Waals surface area contributed by atoms with Gasteiger partial charge in [0.15, 0.2) is 16.9 Å². The second kappa shape index (κ2) is 21.9. The van der Waals surface area contributed by atoms with E-state index in [9.17, 15) is 14.9 Å². The topological polar surface area (TPSA) is 159 Å². The maximum atomic E-state index is 14.3. The molecule has 0 saturated heterocycles. The SMILES string of the molecule is COc1ccc(C(OC[C@@H](COP(OCCC#N)N(C(C)C)C(C)C)CC(=O)Cn2cnc3c(=O)n(C)c(N=CN(C)C)nc32)(c2ccccc2)c2ccc(OC)cc2)cc1. The summed E-state index contributed by atoms with van der Waals surface area (Å²) in [7, 11) is 6.83. The molecular formula is C45H57N8O7P. The van der Waals surface area contributed by atoms with Crippen LogP contribution in [0.15, 0.2) is 95.0 Å². The van der Waals surface area contributed by atoms with E-state index in [1.165, 1.54) is 10.9 Å². The summed E-state index contributed by atoms with van der Waals surface area (Å²) in [4.78, 5) is 42.6. The Morgan fingerprint density at radius 2 is 1.49 bits per heavy atom. The lowest BCUT2D eigenvalue weighted by molar-refractivity contribution is -0.122. The predicted octanol–water partition coefficient (Wildman–Crippen LogP) is 7.25. The van der Waals surface area contributed by atoms with Gasteiger partial charge in [-0.25, -0.2) is 14.6 Å². The number of hydrogen-bond donors (Lipinski definition) is 0. The Morgan fingerprint density at radius 3 is 2.03 bits per heavy atom. The number of ketones is 1. The molecule has 1 unspecified atom stereocenters. The van der Waals surface area contributed by atoms with Crippen molar-refractivity contribution in [2.45, 2.75) is 64.8 Å². The van der Waals surface area contributed by atoms with Gasteiger partial charge in [-0.15, -0.1) is 0 Å². The zero-order valence-electron chi connectivity index (χ0n) is 36.5. The number of fused-ring (bicyclic) bond motifs is 1. The van der Waals surface area contributed by atoms with Crippen molar-refractivity contribution in [3.63, 3.8) is 0 Å². The molecule has 0 fully saturated rings. The van der Waals surface area contributed by atoms with Crippen molar-refractivity contribution in [3.05, 3.63) is 112 Å². The number of aromatic nitrogens is 4. The molecule has 0 N–H and O–H groups in total. The molecule has 16 heteroatoms. The molecule has 0 radical (unpaired) electrons. The quantitative estimate of drug-likeness (QED) is 0.0214. The molecule has 0 aliphatic heterocycles. The van der Waals surface area contributed by atoms with Crippen molar-refractivity contribution >= 4 is 37.8 Å². The van der Waals surface area contributed by atoms with E-state index in [-0.39, 0.29) is 79.7 Å². The predicted molar refractivity (Wildman–Crippen MR) is 237 cm³/mol. The summed E-state index contributed by atoms with van der Waals surface area (Å²) in [6.07, 6.45) is 3.25. The first-order valence-electron chi connectivity index (χ1n) is 20.2. The summed E-state index contributed by atoms with van der Waals surface area (Å²) >= 11 is 0. The van der Waals surface area contributed by atoms with Crippen LogP contribution in [0.25, 0.3) is 11.2 Å². The molecular weight excluding hydrogens is 796 g/mol. The van der Waals surface area contributed by atoms with Gasteiger partial charge in [0.2, 0.25) is 5.95 Å². The highest BCUT2D eigenvalue weighted by Crippen LogP contribution is 2.47. The number of nitrogens with zero attached hydrogens (tertiary/aromatic N) is 8. The average molecular weight is 853 g/mol. The van der Waals surface area contributed by atoms with E-state index < -0.39 is 20.0 Å². The number of ether oxygens (including phenoxy) is 3. The molecule has 5 rings (SSSR count). The maximum Gasteiger partial charge on any atom is 0.282 e. The Bertz CT molecular complexity index is 2250. The normalized spacial score (nSPS) is 13.0. The van der Waals surface area contributed by atoms with Crippen LogP contribution >= 0.6 is 8.53 Å². The summed E-state index contributed by atoms with van der Waals surface area (Å²) in [6, 6.07) is 27.8. The van der Waals surface area contributed by atoms with Crippen LogP contribution in [0.3, 0.4) is 0 Å². The van der Waals surface area contributed by atoms with Crippen LogP contribution in [0.2, 0.25) is 0 Å². The summed E-state index contributed by atoms with van der Waals surface area (Å²) in [6.45, 7) is 8.56. The number of benzene rings is 3. The van der Waals surface area contributed by atoms with Gasteiger partial charge in [0.25, 0.3) is 14.1 Å². The number of carbonyl (C=O) groups is 1. The summed E-state index contributed by atoms with van der Waals surface area (Å²) < 4.78 is 36.3. The maximum absolute atomic E-state index is 14.3. The van der Waals surface area contributed by atoms with Crippen LogP contribution in [-0.4, -0.2) is 101 Å². The van der Waals surface area contributed by atoms with E-state index in [1.54, 1.807) is 37.1 Å². The van der Waals surface area contributed by atoms with Crippen molar-refractivity contribution in [2.24, 2.45) is 18.0 Å². The minimum Gasteiger partial charge on any atom is -0.497 e. The van der Waals surface area contributed by atoms with Crippen LogP contribution in [0.4, 0.5) is 5.95 Å². The van der Waals surface area contributed by atoms with Gasteiger partial charge >= 0.3 is 0 Å². The number of nitriles is 1. The Labute approximate surface area is 359 Å². The Kier molecular flexibility index (Phi) is 16.7. The van der Waals surface area contributed by atoms with Gasteiger partial charge in [-0.1, -0.05) is 54.6 Å². The van der Waals surface area contributed by atoms with Gasteiger partial charge in [-0.05, 0) is 68.7 Å². The van der Waals surface area contributed by atoms with E-state index in [0.29, 0.717) is 11.5 Å². The fourth-order valence-corrected chi connectivity index (χ4v) is 8.69. The molecule has 2 heterocycles. The lowest BCUT2D eigenvalue weighted by Gasteiger charge is -2.38. The summed E-state index contributed by atoms with van der Waals surface area (Å²) in [5, 5.41) is 9.32. The molecule has 0 spiro atoms. The van der Waals surface area contributed by atoms with Crippen LogP contribution in [0.1, 0.15) is 57.2 Å². The van der Waals surface area contributed by atoms with Crippen LogP contribution in [-0.2, 0) is 37.8 Å². The van der Waals surface area contributed by atoms with E-state index in [2.05, 4.69) is 53.4 Å². The molecule has 61 heavy (non-hydrogen) atoms. The van der Waals surface area contributed by atoms with Gasteiger partial charge in [-0.3, -0.25) is 14.2 Å². The molecule has 0 bridgehead atoms. The zero-order valence-corrected chi connectivity index (χ0v) is 37.4. The minimum absolute atomic E-state index is 0.0387. The standard InChI is InChI=1S/C45H57N8O7P/c1-32(2)53(33(3)4)61(59-25-13-24-46)60-29-34(26-38(54)27-52-31-47-41-42(52)49-44(48-30-50(5)6)51(7)43(41)55)28-58-45(35-14-11-10-12-15-35,36-16-20-39(56-8)21-17-36)37-18-22-40(57-9)23-19-37/h10-12,14-23,30-34H,13,25-29H2,1-9H3/t34-,61?/m0/s1. The van der Waals surface area contributed by atoms with Crippen molar-refractivity contribution < 1.29 is 28.1 Å². The van der Waals surface area contributed by atoms with Gasteiger partial charge in [0.05, 0.1) is 65.7 Å². The van der Waals surface area contributed by atoms with Gasteiger partial charge in [-0.2, -0.15) is 10.2 Å².